The highest BCUT2D eigenvalue weighted by Crippen LogP contribution is 2.18. The smallest absolute Gasteiger partial charge is 0.319 e. The van der Waals surface area contributed by atoms with E-state index in [1.54, 1.807) is 13.0 Å². The molecule has 0 spiro atoms. The van der Waals surface area contributed by atoms with E-state index in [0.29, 0.717) is 26.2 Å². The lowest BCUT2D eigenvalue weighted by atomic mass is 10.1. The molecule has 1 aromatic carbocycles. The Hall–Kier alpha value is -1.62. The zero-order valence-electron chi connectivity index (χ0n) is 11.4. The molecular weight excluding hydrogens is 249 g/mol. The summed E-state index contributed by atoms with van der Waals surface area (Å²) >= 11 is 0. The molecule has 0 aliphatic carbocycles. The van der Waals surface area contributed by atoms with E-state index in [4.69, 9.17) is 9.47 Å². The molecule has 106 valence electrons. The summed E-state index contributed by atoms with van der Waals surface area (Å²) < 4.78 is 23.5. The molecule has 19 heavy (non-hydrogen) atoms. The van der Waals surface area contributed by atoms with Crippen LogP contribution in [0.25, 0.3) is 0 Å². The number of hydrogen-bond acceptors (Lipinski definition) is 4. The van der Waals surface area contributed by atoms with Gasteiger partial charge in [-0.05, 0) is 44.5 Å². The maximum absolute atomic E-state index is 13.6. The Kier molecular flexibility index (Phi) is 6.89. The number of benzene rings is 1. The van der Waals surface area contributed by atoms with Gasteiger partial charge in [0, 0.05) is 0 Å². The fourth-order valence-corrected chi connectivity index (χ4v) is 1.61. The first kappa shape index (κ1) is 15.4. The summed E-state index contributed by atoms with van der Waals surface area (Å²) in [5.74, 6) is -0.365. The molecule has 0 saturated carbocycles. The van der Waals surface area contributed by atoms with Crippen molar-refractivity contribution in [3.8, 4) is 5.75 Å². The van der Waals surface area contributed by atoms with Crippen LogP contribution in [-0.2, 0) is 16.0 Å². The van der Waals surface area contributed by atoms with Crippen molar-refractivity contribution in [3.05, 3.63) is 29.6 Å². The summed E-state index contributed by atoms with van der Waals surface area (Å²) in [5, 5.41) is 2.95. The second-order valence-corrected chi connectivity index (χ2v) is 3.93. The van der Waals surface area contributed by atoms with E-state index in [2.05, 4.69) is 5.32 Å². The average Bonchev–Trinajstić information content (AvgIpc) is 2.38. The topological polar surface area (TPSA) is 47.6 Å². The van der Waals surface area contributed by atoms with E-state index in [-0.39, 0.29) is 24.1 Å². The van der Waals surface area contributed by atoms with Gasteiger partial charge in [-0.2, -0.15) is 0 Å². The molecule has 0 saturated heterocycles. The SMILES string of the molecule is CCOC(=O)CNCCc1ccc(OCC)c(F)c1. The van der Waals surface area contributed by atoms with Crippen molar-refractivity contribution in [2.45, 2.75) is 20.3 Å². The van der Waals surface area contributed by atoms with Crippen LogP contribution in [0.2, 0.25) is 0 Å². The van der Waals surface area contributed by atoms with Crippen LogP contribution < -0.4 is 10.1 Å². The van der Waals surface area contributed by atoms with Crippen LogP contribution in [0.15, 0.2) is 18.2 Å². The summed E-state index contributed by atoms with van der Waals surface area (Å²) in [5.41, 5.74) is 0.859. The van der Waals surface area contributed by atoms with Crippen molar-refractivity contribution in [2.75, 3.05) is 26.3 Å². The average molecular weight is 269 g/mol. The van der Waals surface area contributed by atoms with Crippen molar-refractivity contribution in [1.82, 2.24) is 5.32 Å². The molecule has 5 heteroatoms. The van der Waals surface area contributed by atoms with Crippen molar-refractivity contribution in [2.24, 2.45) is 0 Å². The molecule has 0 radical (unpaired) electrons. The maximum atomic E-state index is 13.6. The molecular formula is C14H20FNO3. The van der Waals surface area contributed by atoms with Gasteiger partial charge in [-0.25, -0.2) is 4.39 Å². The minimum absolute atomic E-state index is 0.174. The Morgan fingerprint density at radius 2 is 2.11 bits per heavy atom. The van der Waals surface area contributed by atoms with Crippen molar-refractivity contribution in [3.63, 3.8) is 0 Å². The number of esters is 1. The van der Waals surface area contributed by atoms with Crippen LogP contribution in [0.3, 0.4) is 0 Å². The number of nitrogens with one attached hydrogen (secondary N) is 1. The van der Waals surface area contributed by atoms with E-state index in [0.717, 1.165) is 5.56 Å². The molecule has 1 rings (SSSR count). The molecule has 0 fully saturated rings. The van der Waals surface area contributed by atoms with Crippen LogP contribution in [0, 0.1) is 5.82 Å². The molecule has 4 nitrogen and oxygen atoms in total. The Bertz CT molecular complexity index is 410. The van der Waals surface area contributed by atoms with Gasteiger partial charge in [0.25, 0.3) is 0 Å². The molecule has 0 atom stereocenters. The molecule has 0 aliphatic heterocycles. The lowest BCUT2D eigenvalue weighted by Gasteiger charge is -2.07. The number of ether oxygens (including phenoxy) is 2. The van der Waals surface area contributed by atoms with Gasteiger partial charge >= 0.3 is 5.97 Å². The quantitative estimate of drug-likeness (QED) is 0.578. The Morgan fingerprint density at radius 1 is 1.32 bits per heavy atom. The van der Waals surface area contributed by atoms with E-state index < -0.39 is 0 Å². The normalized spacial score (nSPS) is 10.3. The highest BCUT2D eigenvalue weighted by molar-refractivity contribution is 5.71. The van der Waals surface area contributed by atoms with Gasteiger partial charge in [0.05, 0.1) is 19.8 Å². The Morgan fingerprint density at radius 3 is 2.74 bits per heavy atom. The summed E-state index contributed by atoms with van der Waals surface area (Å²) in [6, 6.07) is 4.90. The van der Waals surface area contributed by atoms with Gasteiger partial charge in [0.2, 0.25) is 0 Å². The van der Waals surface area contributed by atoms with E-state index in [9.17, 15) is 9.18 Å². The molecule has 0 amide bonds. The predicted molar refractivity (Wildman–Crippen MR) is 70.8 cm³/mol. The third-order valence-corrected chi connectivity index (χ3v) is 2.46. The molecule has 0 heterocycles. The highest BCUT2D eigenvalue weighted by atomic mass is 19.1. The molecule has 1 N–H and O–H groups in total. The second-order valence-electron chi connectivity index (χ2n) is 3.93. The lowest BCUT2D eigenvalue weighted by molar-refractivity contribution is -0.141. The van der Waals surface area contributed by atoms with Gasteiger partial charge in [0.15, 0.2) is 11.6 Å². The van der Waals surface area contributed by atoms with E-state index in [1.165, 1.54) is 6.07 Å². The van der Waals surface area contributed by atoms with Crippen molar-refractivity contribution < 1.29 is 18.7 Å². The van der Waals surface area contributed by atoms with Crippen LogP contribution in [-0.4, -0.2) is 32.3 Å². The molecule has 0 aliphatic rings. The van der Waals surface area contributed by atoms with E-state index >= 15 is 0 Å². The monoisotopic (exact) mass is 269 g/mol. The van der Waals surface area contributed by atoms with E-state index in [1.807, 2.05) is 13.0 Å². The fourth-order valence-electron chi connectivity index (χ4n) is 1.61. The first-order valence-corrected chi connectivity index (χ1v) is 6.45. The van der Waals surface area contributed by atoms with Crippen LogP contribution in [0.1, 0.15) is 19.4 Å². The van der Waals surface area contributed by atoms with Crippen LogP contribution in [0.4, 0.5) is 4.39 Å². The fraction of sp³-hybridized carbons (Fsp3) is 0.500. The molecule has 1 aromatic rings. The van der Waals surface area contributed by atoms with Gasteiger partial charge in [-0.1, -0.05) is 6.07 Å². The molecule has 0 unspecified atom stereocenters. The van der Waals surface area contributed by atoms with Gasteiger partial charge in [-0.3, -0.25) is 4.79 Å². The van der Waals surface area contributed by atoms with Crippen LogP contribution >= 0.6 is 0 Å². The van der Waals surface area contributed by atoms with Crippen molar-refractivity contribution >= 4 is 5.97 Å². The minimum atomic E-state index is -0.357. The standard InChI is InChI=1S/C14H20FNO3/c1-3-18-13-6-5-11(9-12(13)15)7-8-16-10-14(17)19-4-2/h5-6,9,16H,3-4,7-8,10H2,1-2H3. The van der Waals surface area contributed by atoms with Crippen LogP contribution in [0.5, 0.6) is 5.75 Å². The highest BCUT2D eigenvalue weighted by Gasteiger charge is 2.05. The predicted octanol–water partition coefficient (Wildman–Crippen LogP) is 1.92. The minimum Gasteiger partial charge on any atom is -0.491 e. The number of rotatable bonds is 8. The van der Waals surface area contributed by atoms with Gasteiger partial charge < -0.3 is 14.8 Å². The first-order chi connectivity index (χ1) is 9.17. The molecule has 0 aromatic heterocycles. The van der Waals surface area contributed by atoms with Gasteiger partial charge in [0.1, 0.15) is 0 Å². The third kappa shape index (κ3) is 5.70. The number of carbonyl (C=O) groups excluding carboxylic acids is 1. The third-order valence-electron chi connectivity index (χ3n) is 2.46. The summed E-state index contributed by atoms with van der Waals surface area (Å²) in [7, 11) is 0. The number of carbonyl (C=O) groups is 1. The second kappa shape index (κ2) is 8.48. The largest absolute Gasteiger partial charge is 0.491 e. The molecule has 0 bridgehead atoms. The number of halogens is 1. The lowest BCUT2D eigenvalue weighted by Crippen LogP contribution is -2.26. The Balaban J connectivity index is 2.33. The zero-order valence-corrected chi connectivity index (χ0v) is 11.4. The Labute approximate surface area is 112 Å². The zero-order chi connectivity index (χ0) is 14.1. The summed E-state index contributed by atoms with van der Waals surface area (Å²) in [6.45, 7) is 5.16. The van der Waals surface area contributed by atoms with Gasteiger partial charge in [-0.15, -0.1) is 0 Å². The summed E-state index contributed by atoms with van der Waals surface area (Å²) in [4.78, 5) is 11.1. The number of hydrogen-bond donors (Lipinski definition) is 1. The maximum Gasteiger partial charge on any atom is 0.319 e. The summed E-state index contributed by atoms with van der Waals surface area (Å²) in [6.07, 6.45) is 0.642. The van der Waals surface area contributed by atoms with Crippen molar-refractivity contribution in [1.29, 1.82) is 0 Å². The first-order valence-electron chi connectivity index (χ1n) is 6.45.